The first-order valence-corrected chi connectivity index (χ1v) is 10.1. The Morgan fingerprint density at radius 1 is 0.737 bits per heavy atom. The second-order valence-corrected chi connectivity index (χ2v) is 7.72. The second kappa shape index (κ2) is 13.3. The number of rotatable bonds is 13. The summed E-state index contributed by atoms with van der Waals surface area (Å²) in [6.07, 6.45) is 22.2. The SMILES string of the molecule is CCCCCCCCCCCCCCC1CCCS1. The molecule has 0 aliphatic carbocycles. The molecule has 0 aromatic heterocycles. The van der Waals surface area contributed by atoms with Gasteiger partial charge in [0.05, 0.1) is 0 Å². The van der Waals surface area contributed by atoms with E-state index < -0.39 is 0 Å². The smallest absolute Gasteiger partial charge is 0.00473 e. The summed E-state index contributed by atoms with van der Waals surface area (Å²) < 4.78 is 0. The number of hydrogen-bond donors (Lipinski definition) is 0. The molecule has 0 nitrogen and oxygen atoms in total. The third-order valence-electron chi connectivity index (χ3n) is 4.40. The second-order valence-electron chi connectivity index (χ2n) is 6.31. The first-order chi connectivity index (χ1) is 9.43. The van der Waals surface area contributed by atoms with E-state index in [0.29, 0.717) is 0 Å². The van der Waals surface area contributed by atoms with Gasteiger partial charge in [0, 0.05) is 5.25 Å². The van der Waals surface area contributed by atoms with Crippen LogP contribution in [0.2, 0.25) is 0 Å². The Labute approximate surface area is 126 Å². The molecule has 0 spiro atoms. The van der Waals surface area contributed by atoms with Crippen molar-refractivity contribution in [2.24, 2.45) is 0 Å². The summed E-state index contributed by atoms with van der Waals surface area (Å²) in [5.41, 5.74) is 0. The molecule has 0 saturated carbocycles. The predicted octanol–water partition coefficient (Wildman–Crippen LogP) is 6.97. The molecule has 0 aromatic carbocycles. The predicted molar refractivity (Wildman–Crippen MR) is 91.2 cm³/mol. The van der Waals surface area contributed by atoms with E-state index in [-0.39, 0.29) is 0 Å². The van der Waals surface area contributed by atoms with E-state index in [4.69, 9.17) is 0 Å². The van der Waals surface area contributed by atoms with Gasteiger partial charge in [-0.25, -0.2) is 0 Å². The van der Waals surface area contributed by atoms with Gasteiger partial charge in [-0.15, -0.1) is 0 Å². The van der Waals surface area contributed by atoms with E-state index in [1.807, 2.05) is 0 Å². The van der Waals surface area contributed by atoms with Gasteiger partial charge in [0.1, 0.15) is 0 Å². The average Bonchev–Trinajstić information content (AvgIpc) is 2.93. The highest BCUT2D eigenvalue weighted by atomic mass is 32.2. The Kier molecular flexibility index (Phi) is 12.2. The van der Waals surface area contributed by atoms with E-state index in [1.54, 1.807) is 0 Å². The minimum absolute atomic E-state index is 1.03. The summed E-state index contributed by atoms with van der Waals surface area (Å²) in [7, 11) is 0. The third kappa shape index (κ3) is 10.8. The zero-order valence-electron chi connectivity index (χ0n) is 13.3. The summed E-state index contributed by atoms with van der Waals surface area (Å²) in [4.78, 5) is 0. The van der Waals surface area contributed by atoms with Gasteiger partial charge in [-0.2, -0.15) is 11.8 Å². The third-order valence-corrected chi connectivity index (χ3v) is 5.87. The van der Waals surface area contributed by atoms with Gasteiger partial charge in [-0.3, -0.25) is 0 Å². The van der Waals surface area contributed by atoms with Crippen LogP contribution in [-0.4, -0.2) is 11.0 Å². The summed E-state index contributed by atoms with van der Waals surface area (Å²) >= 11 is 2.23. The fourth-order valence-corrected chi connectivity index (χ4v) is 4.42. The maximum Gasteiger partial charge on any atom is 0.00473 e. The molecule has 1 rings (SSSR count). The fourth-order valence-electron chi connectivity index (χ4n) is 3.09. The highest BCUT2D eigenvalue weighted by Gasteiger charge is 2.14. The van der Waals surface area contributed by atoms with Gasteiger partial charge in [-0.05, 0) is 25.0 Å². The van der Waals surface area contributed by atoms with Gasteiger partial charge in [0.15, 0.2) is 0 Å². The van der Waals surface area contributed by atoms with Crippen molar-refractivity contribution in [3.8, 4) is 0 Å². The molecule has 0 bridgehead atoms. The van der Waals surface area contributed by atoms with Crippen molar-refractivity contribution < 1.29 is 0 Å². The lowest BCUT2D eigenvalue weighted by atomic mass is 10.0. The van der Waals surface area contributed by atoms with E-state index in [0.717, 1.165) is 5.25 Å². The van der Waals surface area contributed by atoms with Crippen molar-refractivity contribution in [1.29, 1.82) is 0 Å². The summed E-state index contributed by atoms with van der Waals surface area (Å²) in [5.74, 6) is 1.43. The largest absolute Gasteiger partial charge is 0.159 e. The number of unbranched alkanes of at least 4 members (excludes halogenated alkanes) is 11. The van der Waals surface area contributed by atoms with Crippen LogP contribution in [0.25, 0.3) is 0 Å². The van der Waals surface area contributed by atoms with Crippen LogP contribution in [0.15, 0.2) is 0 Å². The lowest BCUT2D eigenvalue weighted by molar-refractivity contribution is 0.536. The molecule has 1 saturated heterocycles. The van der Waals surface area contributed by atoms with Crippen LogP contribution in [0.5, 0.6) is 0 Å². The molecule has 0 N–H and O–H groups in total. The lowest BCUT2D eigenvalue weighted by Crippen LogP contribution is -1.95. The molecule has 1 unspecified atom stereocenters. The normalized spacial score (nSPS) is 19.1. The Balaban J connectivity index is 1.67. The molecular weight excluding hydrogens is 248 g/mol. The Morgan fingerprint density at radius 2 is 1.26 bits per heavy atom. The van der Waals surface area contributed by atoms with Gasteiger partial charge in [0.2, 0.25) is 0 Å². The van der Waals surface area contributed by atoms with Crippen LogP contribution < -0.4 is 0 Å². The maximum absolute atomic E-state index is 2.30. The van der Waals surface area contributed by atoms with Crippen molar-refractivity contribution in [2.75, 3.05) is 5.75 Å². The molecule has 19 heavy (non-hydrogen) atoms. The molecule has 0 radical (unpaired) electrons. The Morgan fingerprint density at radius 3 is 1.74 bits per heavy atom. The average molecular weight is 285 g/mol. The van der Waals surface area contributed by atoms with Crippen molar-refractivity contribution in [3.63, 3.8) is 0 Å². The van der Waals surface area contributed by atoms with E-state index in [1.165, 1.54) is 102 Å². The first-order valence-electron chi connectivity index (χ1n) is 9.05. The minimum atomic E-state index is 1.03. The monoisotopic (exact) mass is 284 g/mol. The van der Waals surface area contributed by atoms with Crippen molar-refractivity contribution in [1.82, 2.24) is 0 Å². The molecular formula is C18H36S. The fraction of sp³-hybridized carbons (Fsp3) is 1.00. The summed E-state index contributed by atoms with van der Waals surface area (Å²) in [6.45, 7) is 2.30. The molecule has 1 heterocycles. The zero-order valence-corrected chi connectivity index (χ0v) is 14.1. The minimum Gasteiger partial charge on any atom is -0.159 e. The van der Waals surface area contributed by atoms with Crippen molar-refractivity contribution in [3.05, 3.63) is 0 Å². The van der Waals surface area contributed by atoms with E-state index in [2.05, 4.69) is 18.7 Å². The van der Waals surface area contributed by atoms with Crippen LogP contribution in [0, 0.1) is 0 Å². The number of thioether (sulfide) groups is 1. The van der Waals surface area contributed by atoms with E-state index >= 15 is 0 Å². The lowest BCUT2D eigenvalue weighted by Gasteiger charge is -2.07. The molecule has 0 amide bonds. The van der Waals surface area contributed by atoms with Crippen LogP contribution in [0.3, 0.4) is 0 Å². The van der Waals surface area contributed by atoms with Crippen LogP contribution in [0.4, 0.5) is 0 Å². The van der Waals surface area contributed by atoms with Gasteiger partial charge in [0.25, 0.3) is 0 Å². The molecule has 114 valence electrons. The van der Waals surface area contributed by atoms with Crippen LogP contribution >= 0.6 is 11.8 Å². The van der Waals surface area contributed by atoms with E-state index in [9.17, 15) is 0 Å². The maximum atomic E-state index is 2.30. The van der Waals surface area contributed by atoms with Crippen molar-refractivity contribution >= 4 is 11.8 Å². The van der Waals surface area contributed by atoms with Gasteiger partial charge >= 0.3 is 0 Å². The van der Waals surface area contributed by atoms with Gasteiger partial charge < -0.3 is 0 Å². The molecule has 1 aliphatic rings. The summed E-state index contributed by atoms with van der Waals surface area (Å²) in [5, 5.41) is 1.03. The number of hydrogen-bond acceptors (Lipinski definition) is 1. The summed E-state index contributed by atoms with van der Waals surface area (Å²) in [6, 6.07) is 0. The highest BCUT2D eigenvalue weighted by Crippen LogP contribution is 2.30. The topological polar surface area (TPSA) is 0 Å². The molecule has 1 aliphatic heterocycles. The van der Waals surface area contributed by atoms with Crippen molar-refractivity contribution in [2.45, 2.75) is 108 Å². The zero-order chi connectivity index (χ0) is 13.6. The standard InChI is InChI=1S/C18H36S/c1-2-3-4-5-6-7-8-9-10-11-12-13-15-18-16-14-17-19-18/h18H,2-17H2,1H3. The Hall–Kier alpha value is 0.350. The quantitative estimate of drug-likeness (QED) is 0.329. The first kappa shape index (κ1) is 17.4. The van der Waals surface area contributed by atoms with Crippen LogP contribution in [0.1, 0.15) is 103 Å². The molecule has 0 aromatic rings. The molecule has 1 heteroatoms. The molecule has 1 atom stereocenters. The Bertz CT molecular complexity index is 173. The van der Waals surface area contributed by atoms with Gasteiger partial charge in [-0.1, -0.05) is 84.0 Å². The molecule has 1 fully saturated rings. The highest BCUT2D eigenvalue weighted by molar-refractivity contribution is 8.00. The van der Waals surface area contributed by atoms with Crippen LogP contribution in [-0.2, 0) is 0 Å².